The number of hydrogen-bond acceptors (Lipinski definition) is 6. The zero-order valence-corrected chi connectivity index (χ0v) is 18.8. The first-order chi connectivity index (χ1) is 16.2. The number of fused-ring (bicyclic) bond motifs is 2. The number of carbonyl (C=O) groups excluding carboxylic acids is 1. The normalized spacial score (nSPS) is 19.0. The molecule has 1 spiro atoms. The predicted octanol–water partition coefficient (Wildman–Crippen LogP) is 4.39. The second-order valence-electron chi connectivity index (χ2n) is 8.36. The van der Waals surface area contributed by atoms with Gasteiger partial charge in [0.1, 0.15) is 0 Å². The lowest BCUT2D eigenvalue weighted by Crippen LogP contribution is -2.44. The van der Waals surface area contributed by atoms with Crippen molar-refractivity contribution in [3.63, 3.8) is 0 Å². The summed E-state index contributed by atoms with van der Waals surface area (Å²) in [6.45, 7) is 2.27. The van der Waals surface area contributed by atoms with Crippen molar-refractivity contribution in [2.45, 2.75) is 25.0 Å². The number of amides is 1. The van der Waals surface area contributed by atoms with Crippen LogP contribution in [0.25, 0.3) is 5.57 Å². The van der Waals surface area contributed by atoms with E-state index >= 15 is 0 Å². The van der Waals surface area contributed by atoms with Crippen molar-refractivity contribution in [2.75, 3.05) is 13.1 Å². The molecule has 0 unspecified atom stereocenters. The number of nitrogens with zero attached hydrogens (tertiary/aromatic N) is 4. The molecule has 1 saturated heterocycles. The highest BCUT2D eigenvalue weighted by molar-refractivity contribution is 8.18. The van der Waals surface area contributed by atoms with Gasteiger partial charge < -0.3 is 9.64 Å². The summed E-state index contributed by atoms with van der Waals surface area (Å²) in [6.07, 6.45) is 5.22. The molecule has 164 valence electrons. The third kappa shape index (κ3) is 3.57. The summed E-state index contributed by atoms with van der Waals surface area (Å²) in [5.74, 6) is -0.232. The van der Waals surface area contributed by atoms with Gasteiger partial charge in [0, 0.05) is 31.1 Å². The molecule has 3 aromatic rings. The molecule has 0 atom stereocenters. The van der Waals surface area contributed by atoms with Crippen LogP contribution in [0.1, 0.15) is 35.4 Å². The number of rotatable bonds is 2. The van der Waals surface area contributed by atoms with Crippen molar-refractivity contribution in [3.8, 4) is 0 Å². The Hall–Kier alpha value is -3.29. The molecule has 0 saturated carbocycles. The van der Waals surface area contributed by atoms with Gasteiger partial charge in [-0.05, 0) is 60.0 Å². The molecule has 2 aromatic heterocycles. The van der Waals surface area contributed by atoms with Crippen molar-refractivity contribution in [1.29, 1.82) is 0 Å². The van der Waals surface area contributed by atoms with Gasteiger partial charge in [0.25, 0.3) is 5.91 Å². The molecule has 1 fully saturated rings. The molecule has 3 aliphatic heterocycles. The number of carbonyl (C=O) groups is 1. The van der Waals surface area contributed by atoms with Crippen LogP contribution < -0.4 is 0 Å². The Morgan fingerprint density at radius 3 is 2.24 bits per heavy atom. The summed E-state index contributed by atoms with van der Waals surface area (Å²) in [5.41, 5.74) is 4.55. The Labute approximate surface area is 196 Å². The van der Waals surface area contributed by atoms with Crippen LogP contribution in [-0.2, 0) is 21.7 Å². The molecule has 1 amide bonds. The second kappa shape index (κ2) is 8.24. The Morgan fingerprint density at radius 2 is 1.58 bits per heavy atom. The number of thioether (sulfide) groups is 1. The number of aliphatic imine (C=N–C) groups is 1. The molecule has 1 aromatic carbocycles. The van der Waals surface area contributed by atoms with Crippen LogP contribution in [0.2, 0.25) is 0 Å². The van der Waals surface area contributed by atoms with E-state index in [2.05, 4.69) is 44.1 Å². The molecule has 6 nitrogen and oxygen atoms in total. The molecular formula is C26H22N4O2S. The molecule has 3 aliphatic rings. The van der Waals surface area contributed by atoms with E-state index in [-0.39, 0.29) is 11.5 Å². The summed E-state index contributed by atoms with van der Waals surface area (Å²) in [4.78, 5) is 29.3. The molecule has 6 rings (SSSR count). The summed E-state index contributed by atoms with van der Waals surface area (Å²) >= 11 is 1.42. The number of likely N-dealkylation sites (tertiary alicyclic amines) is 1. The first kappa shape index (κ1) is 20.3. The number of benzene rings is 1. The molecule has 0 radical (unpaired) electrons. The van der Waals surface area contributed by atoms with Gasteiger partial charge in [-0.1, -0.05) is 36.4 Å². The highest BCUT2D eigenvalue weighted by Crippen LogP contribution is 2.45. The van der Waals surface area contributed by atoms with Crippen molar-refractivity contribution < 1.29 is 9.53 Å². The molecule has 0 N–H and O–H groups in total. The maximum absolute atomic E-state index is 13.1. The van der Waals surface area contributed by atoms with E-state index in [4.69, 9.17) is 4.74 Å². The van der Waals surface area contributed by atoms with E-state index in [0.29, 0.717) is 11.5 Å². The van der Waals surface area contributed by atoms with Gasteiger partial charge in [0.2, 0.25) is 0 Å². The average molecular weight is 455 g/mol. The largest absolute Gasteiger partial charge is 0.365 e. The van der Waals surface area contributed by atoms with Gasteiger partial charge >= 0.3 is 0 Å². The standard InChI is InChI=1S/C26H22N4O2S/c31-24-23(22(20-9-3-5-13-27-20)21-10-4-6-14-28-21)33-25(29-24)30-15-11-26(12-16-30)19-8-2-1-7-18(19)17-32-26/h1-10,13-14H,11-12,15-17H2. The minimum atomic E-state index is -0.232. The van der Waals surface area contributed by atoms with Gasteiger partial charge in [0.05, 0.1) is 28.5 Å². The highest BCUT2D eigenvalue weighted by Gasteiger charge is 2.43. The fourth-order valence-corrected chi connectivity index (χ4v) is 5.90. The Balaban J connectivity index is 1.27. The monoisotopic (exact) mass is 454 g/mol. The molecule has 5 heterocycles. The minimum absolute atomic E-state index is 0.216. The van der Waals surface area contributed by atoms with Gasteiger partial charge in [0.15, 0.2) is 5.17 Å². The topological polar surface area (TPSA) is 67.7 Å². The van der Waals surface area contributed by atoms with Crippen LogP contribution in [0, 0.1) is 0 Å². The van der Waals surface area contributed by atoms with Crippen molar-refractivity contribution in [2.24, 2.45) is 4.99 Å². The van der Waals surface area contributed by atoms with Crippen LogP contribution >= 0.6 is 11.8 Å². The van der Waals surface area contributed by atoms with Gasteiger partial charge in [-0.15, -0.1) is 0 Å². The number of ether oxygens (including phenoxy) is 1. The fraction of sp³-hybridized carbons (Fsp3) is 0.231. The summed E-state index contributed by atoms with van der Waals surface area (Å²) in [7, 11) is 0. The molecular weight excluding hydrogens is 432 g/mol. The summed E-state index contributed by atoms with van der Waals surface area (Å²) in [6, 6.07) is 19.9. The van der Waals surface area contributed by atoms with E-state index in [1.54, 1.807) is 12.4 Å². The molecule has 0 bridgehead atoms. The van der Waals surface area contributed by atoms with E-state index < -0.39 is 0 Å². The minimum Gasteiger partial charge on any atom is -0.365 e. The predicted molar refractivity (Wildman–Crippen MR) is 128 cm³/mol. The van der Waals surface area contributed by atoms with Crippen molar-refractivity contribution in [3.05, 3.63) is 100 Å². The Kier molecular flexibility index (Phi) is 5.08. The van der Waals surface area contributed by atoms with Gasteiger partial charge in [-0.2, -0.15) is 4.99 Å². The van der Waals surface area contributed by atoms with Gasteiger partial charge in [-0.25, -0.2) is 0 Å². The number of piperidine rings is 1. The second-order valence-corrected chi connectivity index (χ2v) is 9.34. The smallest absolute Gasteiger partial charge is 0.287 e. The Bertz CT molecular complexity index is 1220. The zero-order chi connectivity index (χ0) is 22.3. The molecule has 0 aliphatic carbocycles. The van der Waals surface area contributed by atoms with Crippen LogP contribution in [0.15, 0.2) is 83.0 Å². The fourth-order valence-electron chi connectivity index (χ4n) is 4.83. The Morgan fingerprint density at radius 1 is 0.909 bits per heavy atom. The third-order valence-electron chi connectivity index (χ3n) is 6.51. The van der Waals surface area contributed by atoms with Crippen molar-refractivity contribution >= 4 is 28.4 Å². The van der Waals surface area contributed by atoms with Crippen LogP contribution in [-0.4, -0.2) is 39.0 Å². The van der Waals surface area contributed by atoms with E-state index in [9.17, 15) is 4.79 Å². The number of pyridine rings is 2. The lowest BCUT2D eigenvalue weighted by Gasteiger charge is -2.39. The molecule has 33 heavy (non-hydrogen) atoms. The number of aromatic nitrogens is 2. The lowest BCUT2D eigenvalue weighted by molar-refractivity contribution is -0.113. The average Bonchev–Trinajstić information content (AvgIpc) is 3.42. The first-order valence-corrected chi connectivity index (χ1v) is 11.9. The third-order valence-corrected chi connectivity index (χ3v) is 7.62. The molecule has 7 heteroatoms. The van der Waals surface area contributed by atoms with Crippen LogP contribution in [0.4, 0.5) is 0 Å². The van der Waals surface area contributed by atoms with E-state index in [1.165, 1.54) is 22.9 Å². The van der Waals surface area contributed by atoms with E-state index in [1.807, 2.05) is 36.4 Å². The lowest BCUT2D eigenvalue weighted by atomic mass is 9.84. The van der Waals surface area contributed by atoms with Crippen molar-refractivity contribution in [1.82, 2.24) is 14.9 Å². The number of amidine groups is 1. The maximum Gasteiger partial charge on any atom is 0.287 e. The van der Waals surface area contributed by atoms with Crippen LogP contribution in [0.3, 0.4) is 0 Å². The number of hydrogen-bond donors (Lipinski definition) is 0. The van der Waals surface area contributed by atoms with E-state index in [0.717, 1.165) is 48.1 Å². The quantitative estimate of drug-likeness (QED) is 0.535. The summed E-state index contributed by atoms with van der Waals surface area (Å²) in [5, 5.41) is 0.750. The van der Waals surface area contributed by atoms with Crippen LogP contribution in [0.5, 0.6) is 0 Å². The first-order valence-electron chi connectivity index (χ1n) is 11.1. The maximum atomic E-state index is 13.1. The zero-order valence-electron chi connectivity index (χ0n) is 18.0. The SMILES string of the molecule is O=C1N=C(N2CCC3(CC2)OCc2ccccc23)SC1=C(c1ccccn1)c1ccccn1. The summed E-state index contributed by atoms with van der Waals surface area (Å²) < 4.78 is 6.29. The van der Waals surface area contributed by atoms with Gasteiger partial charge in [-0.3, -0.25) is 14.8 Å². The highest BCUT2D eigenvalue weighted by atomic mass is 32.2.